The number of pyridine rings is 1. The summed E-state index contributed by atoms with van der Waals surface area (Å²) >= 11 is 0. The van der Waals surface area contributed by atoms with E-state index in [0.717, 1.165) is 0 Å². The highest BCUT2D eigenvalue weighted by Crippen LogP contribution is 2.37. The summed E-state index contributed by atoms with van der Waals surface area (Å²) in [6.45, 7) is 1.13. The SMILES string of the molecule is [B]C(O)(O)C(O)(O)n1ncc2c1-c1cnc(NCO)c(c1)O[C@H](C)c1cc(F)ccc1C(=N)/C(=N\NC)C2. The third kappa shape index (κ3) is 4.84. The van der Waals surface area contributed by atoms with Gasteiger partial charge in [-0.1, -0.05) is 0 Å². The molecule has 0 fully saturated rings. The Hall–Kier alpha value is -3.89. The molecule has 2 bridgehead atoms. The van der Waals surface area contributed by atoms with Gasteiger partial charge in [0.1, 0.15) is 18.7 Å². The van der Waals surface area contributed by atoms with E-state index < -0.39 is 30.2 Å². The summed E-state index contributed by atoms with van der Waals surface area (Å²) in [6, 6.07) is 5.29. The zero-order valence-corrected chi connectivity index (χ0v) is 20.3. The molecule has 3 heterocycles. The number of ether oxygens (including phenoxy) is 1. The van der Waals surface area contributed by atoms with E-state index in [2.05, 4.69) is 25.9 Å². The molecule has 15 heteroatoms. The van der Waals surface area contributed by atoms with Gasteiger partial charge in [0.25, 0.3) is 0 Å². The fourth-order valence-electron chi connectivity index (χ4n) is 4.09. The standard InChI is InChI=1S/C23H25BFN7O6/c1-11-16-7-14(25)3-4-15(16)19(26)17(31-27-2)5-12-9-30-32(23(36,37)22(24,34)35)20(12)13-6-18(38-11)21(28-8-13)29-10-33/h3-4,6-9,11,26-27,33-37H,5,10H2,1-2H3,(H,28,29)/b26-19?,31-17-/t11-/m1/s1. The summed E-state index contributed by atoms with van der Waals surface area (Å²) in [6.07, 6.45) is 1.55. The second-order valence-electron chi connectivity index (χ2n) is 8.52. The smallest absolute Gasteiger partial charge is 0.312 e. The van der Waals surface area contributed by atoms with Crippen LogP contribution in [0.3, 0.4) is 0 Å². The van der Waals surface area contributed by atoms with Crippen molar-refractivity contribution in [1.82, 2.24) is 20.2 Å². The molecule has 0 saturated carbocycles. The molecule has 2 radical (unpaired) electrons. The normalized spacial score (nSPS) is 17.1. The van der Waals surface area contributed by atoms with Crippen molar-refractivity contribution in [2.24, 2.45) is 5.10 Å². The van der Waals surface area contributed by atoms with Gasteiger partial charge in [-0.05, 0) is 31.2 Å². The van der Waals surface area contributed by atoms with Crippen molar-refractivity contribution in [1.29, 1.82) is 5.41 Å². The Balaban J connectivity index is 2.04. The van der Waals surface area contributed by atoms with E-state index in [1.165, 1.54) is 43.7 Å². The highest BCUT2D eigenvalue weighted by atomic mass is 19.1. The molecule has 0 aliphatic carbocycles. The second kappa shape index (κ2) is 10.1. The fourth-order valence-corrected chi connectivity index (χ4v) is 4.09. The zero-order valence-electron chi connectivity index (χ0n) is 20.3. The van der Waals surface area contributed by atoms with Crippen molar-refractivity contribution in [2.45, 2.75) is 31.0 Å². The number of hydrogen-bond donors (Lipinski definition) is 8. The first-order valence-corrected chi connectivity index (χ1v) is 11.3. The Labute approximate surface area is 217 Å². The van der Waals surface area contributed by atoms with Crippen LogP contribution < -0.4 is 15.5 Å². The first kappa shape index (κ1) is 27.2. The van der Waals surface area contributed by atoms with Crippen LogP contribution in [0.5, 0.6) is 5.75 Å². The molecule has 8 N–H and O–H groups in total. The molecular formula is C23H25BFN7O6. The average Bonchev–Trinajstić information content (AvgIpc) is 3.27. The lowest BCUT2D eigenvalue weighted by Crippen LogP contribution is -2.57. The third-order valence-electron chi connectivity index (χ3n) is 5.92. The number of nitrogens with zero attached hydrogens (tertiary/aromatic N) is 4. The molecule has 2 aromatic heterocycles. The molecule has 1 aliphatic rings. The van der Waals surface area contributed by atoms with E-state index in [1.54, 1.807) is 6.92 Å². The highest BCUT2D eigenvalue weighted by Gasteiger charge is 2.47. The Morgan fingerprint density at radius 1 is 1.26 bits per heavy atom. The number of rotatable bonds is 5. The molecule has 0 amide bonds. The first-order valence-electron chi connectivity index (χ1n) is 11.3. The summed E-state index contributed by atoms with van der Waals surface area (Å²) in [5.41, 5.74) is 0.175. The Kier molecular flexibility index (Phi) is 7.23. The quantitative estimate of drug-likeness (QED) is 0.122. The predicted octanol–water partition coefficient (Wildman–Crippen LogP) is -0.513. The first-order chi connectivity index (χ1) is 17.9. The van der Waals surface area contributed by atoms with Crippen molar-refractivity contribution in [3.63, 3.8) is 0 Å². The van der Waals surface area contributed by atoms with Gasteiger partial charge >= 0.3 is 5.91 Å². The minimum Gasteiger partial charge on any atom is -0.482 e. The molecule has 198 valence electrons. The predicted molar refractivity (Wildman–Crippen MR) is 134 cm³/mol. The van der Waals surface area contributed by atoms with Gasteiger partial charge in [0.15, 0.2) is 25.1 Å². The highest BCUT2D eigenvalue weighted by molar-refractivity contribution is 6.47. The van der Waals surface area contributed by atoms with Gasteiger partial charge in [0.2, 0.25) is 0 Å². The maximum atomic E-state index is 14.3. The number of halogens is 1. The Morgan fingerprint density at radius 2 is 2.00 bits per heavy atom. The molecule has 1 aromatic carbocycles. The molecule has 38 heavy (non-hydrogen) atoms. The van der Waals surface area contributed by atoms with Crippen LogP contribution in [0, 0.1) is 11.2 Å². The largest absolute Gasteiger partial charge is 0.482 e. The van der Waals surface area contributed by atoms with Gasteiger partial charge in [0.05, 0.1) is 23.3 Å². The number of anilines is 1. The number of aliphatic hydroxyl groups is 5. The van der Waals surface area contributed by atoms with Gasteiger partial charge in [0, 0.05) is 41.9 Å². The Bertz CT molecular complexity index is 1410. The number of aromatic nitrogens is 3. The van der Waals surface area contributed by atoms with Gasteiger partial charge in [-0.25, -0.2) is 14.1 Å². The molecule has 0 unspecified atom stereocenters. The van der Waals surface area contributed by atoms with E-state index in [9.17, 15) is 29.9 Å². The topological polar surface area (TPSA) is 201 Å². The van der Waals surface area contributed by atoms with E-state index in [1.807, 2.05) is 0 Å². The van der Waals surface area contributed by atoms with E-state index in [4.69, 9.17) is 18.0 Å². The summed E-state index contributed by atoms with van der Waals surface area (Å²) < 4.78 is 20.9. The fraction of sp³-hybridized carbons (Fsp3) is 0.304. The van der Waals surface area contributed by atoms with Crippen LogP contribution in [-0.2, 0) is 12.3 Å². The number of fused-ring (bicyclic) bond motifs is 5. The number of benzene rings is 1. The lowest BCUT2D eigenvalue weighted by molar-refractivity contribution is -0.367. The van der Waals surface area contributed by atoms with Crippen LogP contribution in [0.2, 0.25) is 0 Å². The summed E-state index contributed by atoms with van der Waals surface area (Å²) in [4.78, 5) is 4.24. The van der Waals surface area contributed by atoms with E-state index >= 15 is 0 Å². The number of hydrogen-bond acceptors (Lipinski definition) is 12. The number of hydrazone groups is 1. The molecule has 1 atom stereocenters. The molecular weight excluding hydrogens is 500 g/mol. The van der Waals surface area contributed by atoms with Crippen molar-refractivity contribution in [3.8, 4) is 17.0 Å². The van der Waals surface area contributed by atoms with Crippen LogP contribution >= 0.6 is 0 Å². The van der Waals surface area contributed by atoms with Crippen molar-refractivity contribution < 1.29 is 34.7 Å². The second-order valence-corrected chi connectivity index (χ2v) is 8.52. The van der Waals surface area contributed by atoms with E-state index in [-0.39, 0.29) is 46.2 Å². The minimum absolute atomic E-state index is 0.0648. The molecule has 13 nitrogen and oxygen atoms in total. The summed E-state index contributed by atoms with van der Waals surface area (Å²) in [7, 11) is 6.73. The zero-order chi connectivity index (χ0) is 27.8. The minimum atomic E-state index is -3.53. The van der Waals surface area contributed by atoms with Crippen LogP contribution in [0.4, 0.5) is 10.2 Å². The summed E-state index contributed by atoms with van der Waals surface area (Å²) in [5, 5.41) is 69.9. The van der Waals surface area contributed by atoms with Crippen LogP contribution in [0.15, 0.2) is 41.8 Å². The van der Waals surface area contributed by atoms with Crippen LogP contribution in [0.25, 0.3) is 11.3 Å². The lowest BCUT2D eigenvalue weighted by atomic mass is 9.90. The maximum absolute atomic E-state index is 14.3. The Morgan fingerprint density at radius 3 is 2.66 bits per heavy atom. The molecule has 3 aromatic rings. The lowest BCUT2D eigenvalue weighted by Gasteiger charge is -2.34. The molecule has 4 rings (SSSR count). The number of aliphatic hydroxyl groups excluding tert-OH is 1. The van der Waals surface area contributed by atoms with Crippen LogP contribution in [-0.4, -0.2) is 79.0 Å². The molecule has 0 saturated heterocycles. The summed E-state index contributed by atoms with van der Waals surface area (Å²) in [5.74, 6) is -3.88. The third-order valence-corrected chi connectivity index (χ3v) is 5.92. The van der Waals surface area contributed by atoms with Gasteiger partial charge in [-0.2, -0.15) is 10.2 Å². The monoisotopic (exact) mass is 525 g/mol. The molecule has 1 aliphatic heterocycles. The van der Waals surface area contributed by atoms with Crippen molar-refractivity contribution in [3.05, 3.63) is 59.2 Å². The number of nitrogens with one attached hydrogen (secondary N) is 3. The van der Waals surface area contributed by atoms with Gasteiger partial charge in [-0.15, -0.1) is 0 Å². The van der Waals surface area contributed by atoms with Crippen molar-refractivity contribution >= 4 is 25.1 Å². The van der Waals surface area contributed by atoms with Gasteiger partial charge < -0.3 is 41.0 Å². The van der Waals surface area contributed by atoms with Crippen LogP contribution in [0.1, 0.15) is 29.7 Å². The molecule has 0 spiro atoms. The average molecular weight is 525 g/mol. The van der Waals surface area contributed by atoms with Gasteiger partial charge in [-0.3, -0.25) is 5.41 Å². The maximum Gasteiger partial charge on any atom is 0.312 e. The van der Waals surface area contributed by atoms with E-state index in [0.29, 0.717) is 15.8 Å². The van der Waals surface area contributed by atoms with Crippen molar-refractivity contribution in [2.75, 3.05) is 19.1 Å².